The molecule has 2 fully saturated rings. The van der Waals surface area contributed by atoms with Crippen LogP contribution in [0.5, 0.6) is 5.88 Å². The molecule has 1 atom stereocenters. The molecule has 2 aliphatic rings. The van der Waals surface area contributed by atoms with E-state index in [1.165, 1.54) is 11.6 Å². The van der Waals surface area contributed by atoms with E-state index >= 15 is 0 Å². The highest BCUT2D eigenvalue weighted by molar-refractivity contribution is 5.73. The average Bonchev–Trinajstić information content (AvgIpc) is 3.33. The normalized spacial score (nSPS) is 17.7. The first-order chi connectivity index (χ1) is 21.1. The second kappa shape index (κ2) is 16.9. The van der Waals surface area contributed by atoms with Crippen molar-refractivity contribution in [3.05, 3.63) is 54.2 Å². The third kappa shape index (κ3) is 14.7. The van der Waals surface area contributed by atoms with E-state index in [0.29, 0.717) is 6.61 Å². The Hall–Kier alpha value is -4.27. The lowest BCUT2D eigenvalue weighted by atomic mass is 9.88. The molecule has 0 saturated carbocycles. The van der Waals surface area contributed by atoms with Gasteiger partial charge in [0.15, 0.2) is 5.82 Å². The van der Waals surface area contributed by atoms with Crippen LogP contribution >= 0.6 is 0 Å². The van der Waals surface area contributed by atoms with Gasteiger partial charge in [-0.3, -0.25) is 9.88 Å². The summed E-state index contributed by atoms with van der Waals surface area (Å²) in [5, 5.41) is 21.4. The summed E-state index contributed by atoms with van der Waals surface area (Å²) in [6, 6.07) is 7.04. The Labute approximate surface area is 252 Å². The Bertz CT molecular complexity index is 1210. The van der Waals surface area contributed by atoms with E-state index in [9.17, 15) is 43.9 Å². The molecule has 1 spiro atoms. The fourth-order valence-corrected chi connectivity index (χ4v) is 3.71. The fraction of sp³-hybridized carbons (Fsp3) is 0.480. The number of pyridine rings is 2. The quantitative estimate of drug-likeness (QED) is 0.383. The number of nitrogens with zero attached hydrogens (tertiary/aromatic N) is 3. The van der Waals surface area contributed by atoms with E-state index in [4.69, 9.17) is 39.2 Å². The lowest BCUT2D eigenvalue weighted by Crippen LogP contribution is -2.44. The Morgan fingerprint density at radius 3 is 1.72 bits per heavy atom. The van der Waals surface area contributed by atoms with Crippen molar-refractivity contribution in [2.24, 2.45) is 0 Å². The highest BCUT2D eigenvalue weighted by Gasteiger charge is 2.44. The van der Waals surface area contributed by atoms with Crippen molar-refractivity contribution in [2.75, 3.05) is 19.7 Å². The van der Waals surface area contributed by atoms with Gasteiger partial charge in [-0.05, 0) is 42.7 Å². The number of alkyl halides is 9. The monoisotopic (exact) mass is 685 g/mol. The number of aromatic nitrogens is 2. The smallest absolute Gasteiger partial charge is 0.475 e. The van der Waals surface area contributed by atoms with Gasteiger partial charge < -0.3 is 24.8 Å². The van der Waals surface area contributed by atoms with Gasteiger partial charge in [-0.25, -0.2) is 23.8 Å². The van der Waals surface area contributed by atoms with Crippen molar-refractivity contribution in [3.8, 4) is 5.88 Å². The molecule has 4 heterocycles. The predicted octanol–water partition coefficient (Wildman–Crippen LogP) is 4.72. The second-order valence-electron chi connectivity index (χ2n) is 9.27. The largest absolute Gasteiger partial charge is 0.490 e. The number of likely N-dealkylation sites (tertiary alicyclic amines) is 1. The maximum Gasteiger partial charge on any atom is 0.490 e. The highest BCUT2D eigenvalue weighted by Crippen LogP contribution is 2.37. The van der Waals surface area contributed by atoms with Crippen molar-refractivity contribution in [3.63, 3.8) is 0 Å². The van der Waals surface area contributed by atoms with Crippen LogP contribution in [0.2, 0.25) is 0 Å². The maximum absolute atomic E-state index is 13.7. The first-order valence-corrected chi connectivity index (χ1v) is 12.5. The lowest BCUT2D eigenvalue weighted by molar-refractivity contribution is -0.193. The molecule has 2 aliphatic heterocycles. The van der Waals surface area contributed by atoms with E-state index in [-0.39, 0.29) is 17.6 Å². The van der Waals surface area contributed by atoms with Crippen molar-refractivity contribution < 1.29 is 83.1 Å². The predicted molar refractivity (Wildman–Crippen MR) is 132 cm³/mol. The number of aliphatic carboxylic acids is 3. The molecule has 0 radical (unpaired) electrons. The molecule has 4 rings (SSSR count). The molecule has 46 heavy (non-hydrogen) atoms. The molecule has 0 aromatic carbocycles. The second-order valence-corrected chi connectivity index (χ2v) is 9.27. The number of carbonyl (C=O) groups is 3. The van der Waals surface area contributed by atoms with Crippen LogP contribution in [0.15, 0.2) is 42.9 Å². The van der Waals surface area contributed by atoms with E-state index in [2.05, 4.69) is 27.0 Å². The highest BCUT2D eigenvalue weighted by atomic mass is 19.4. The zero-order chi connectivity index (χ0) is 35.3. The van der Waals surface area contributed by atoms with Crippen LogP contribution in [0.1, 0.15) is 24.8 Å². The summed E-state index contributed by atoms with van der Waals surface area (Å²) in [4.78, 5) is 37.2. The minimum Gasteiger partial charge on any atom is -0.475 e. The molecule has 2 aromatic rings. The Kier molecular flexibility index (Phi) is 14.6. The lowest BCUT2D eigenvalue weighted by Gasteiger charge is -2.38. The Morgan fingerprint density at radius 1 is 0.848 bits per heavy atom. The number of rotatable bonds is 4. The summed E-state index contributed by atoms with van der Waals surface area (Å²) in [5.74, 6) is -8.62. The molecule has 3 N–H and O–H groups in total. The van der Waals surface area contributed by atoms with Crippen molar-refractivity contribution >= 4 is 17.9 Å². The van der Waals surface area contributed by atoms with Crippen molar-refractivity contribution in [1.82, 2.24) is 14.9 Å². The molecule has 21 heteroatoms. The summed E-state index contributed by atoms with van der Waals surface area (Å²) in [6.07, 6.45) is -7.42. The first kappa shape index (κ1) is 39.8. The minimum atomic E-state index is -5.08. The van der Waals surface area contributed by atoms with Crippen LogP contribution in [0.4, 0.5) is 43.9 Å². The van der Waals surface area contributed by atoms with Crippen LogP contribution in [0.25, 0.3) is 0 Å². The number of hydrogen-bond acceptors (Lipinski definition) is 8. The maximum atomic E-state index is 13.7. The number of piperidine rings is 1. The number of carboxylic acids is 3. The summed E-state index contributed by atoms with van der Waals surface area (Å²) < 4.78 is 121. The van der Waals surface area contributed by atoms with Gasteiger partial charge in [-0.15, -0.1) is 0 Å². The van der Waals surface area contributed by atoms with Gasteiger partial charge in [-0.2, -0.15) is 39.5 Å². The molecule has 2 aromatic heterocycles. The van der Waals surface area contributed by atoms with E-state index in [0.717, 1.165) is 38.9 Å². The molecular weight excluding hydrogens is 660 g/mol. The molecule has 1 unspecified atom stereocenters. The molecule has 0 aliphatic carbocycles. The number of hydrogen-bond donors (Lipinski definition) is 3. The molecule has 2 saturated heterocycles. The van der Waals surface area contributed by atoms with Gasteiger partial charge in [0.25, 0.3) is 5.88 Å². The zero-order valence-electron chi connectivity index (χ0n) is 23.1. The van der Waals surface area contributed by atoms with Gasteiger partial charge >= 0.3 is 36.4 Å². The first-order valence-electron chi connectivity index (χ1n) is 12.5. The SMILES string of the molecule is Fc1cccnc1OC1COC2(CCN(Cc3ccncc3)CC2)C1.O=C(O)C(F)(F)F.O=C(O)C(F)(F)F.O=C(O)C(F)(F)F. The van der Waals surface area contributed by atoms with Gasteiger partial charge in [-0.1, -0.05) is 0 Å². The number of carboxylic acid groups (broad SMARTS) is 3. The fourth-order valence-electron chi connectivity index (χ4n) is 3.71. The van der Waals surface area contributed by atoms with Gasteiger partial charge in [0.1, 0.15) is 6.10 Å². The summed E-state index contributed by atoms with van der Waals surface area (Å²) in [7, 11) is 0. The van der Waals surface area contributed by atoms with E-state index < -0.39 is 42.3 Å². The molecule has 11 nitrogen and oxygen atoms in total. The molecule has 258 valence electrons. The van der Waals surface area contributed by atoms with Crippen molar-refractivity contribution in [2.45, 2.75) is 56.0 Å². The summed E-state index contributed by atoms with van der Waals surface area (Å²) in [6.45, 7) is 3.43. The molecule has 0 bridgehead atoms. The van der Waals surface area contributed by atoms with Crippen LogP contribution in [0, 0.1) is 5.82 Å². The van der Waals surface area contributed by atoms with Crippen LogP contribution in [0.3, 0.4) is 0 Å². The average molecular weight is 685 g/mol. The van der Waals surface area contributed by atoms with E-state index in [1.807, 2.05) is 12.4 Å². The van der Waals surface area contributed by atoms with Gasteiger partial charge in [0.2, 0.25) is 0 Å². The van der Waals surface area contributed by atoms with Crippen LogP contribution < -0.4 is 4.74 Å². The van der Waals surface area contributed by atoms with Crippen molar-refractivity contribution in [1.29, 1.82) is 0 Å². The molecular formula is C25H25F10N3O8. The number of ether oxygens (including phenoxy) is 2. The van der Waals surface area contributed by atoms with Gasteiger partial charge in [0, 0.05) is 44.6 Å². The minimum absolute atomic E-state index is 0.0725. The van der Waals surface area contributed by atoms with Crippen LogP contribution in [-0.2, 0) is 25.7 Å². The summed E-state index contributed by atoms with van der Waals surface area (Å²) in [5.41, 5.74) is 1.15. The van der Waals surface area contributed by atoms with E-state index in [1.54, 1.807) is 12.3 Å². The third-order valence-electron chi connectivity index (χ3n) is 5.83. The standard InChI is InChI=1S/C19H22FN3O2.3C2HF3O2/c20-17-2-1-7-22-18(17)25-16-12-19(24-14-16)5-10-23(11-6-19)13-15-3-8-21-9-4-15;3*3-2(4,5)1(6)7/h1-4,7-9,16H,5-6,10-14H2;3*(H,6,7). The third-order valence-corrected chi connectivity index (χ3v) is 5.83. The Morgan fingerprint density at radius 2 is 1.30 bits per heavy atom. The topological polar surface area (TPSA) is 159 Å². The zero-order valence-corrected chi connectivity index (χ0v) is 23.1. The van der Waals surface area contributed by atoms with Crippen LogP contribution in [-0.4, -0.2) is 98.0 Å². The Balaban J connectivity index is 0.000000413. The molecule has 0 amide bonds. The summed E-state index contributed by atoms with van der Waals surface area (Å²) >= 11 is 0. The number of halogens is 10. The van der Waals surface area contributed by atoms with Gasteiger partial charge in [0.05, 0.1) is 12.2 Å².